The summed E-state index contributed by atoms with van der Waals surface area (Å²) >= 11 is 0. The molecule has 1 N–H and O–H groups in total. The zero-order valence-electron chi connectivity index (χ0n) is 10.5. The quantitative estimate of drug-likeness (QED) is 0.912. The van der Waals surface area contributed by atoms with Crippen molar-refractivity contribution in [3.05, 3.63) is 59.4 Å². The van der Waals surface area contributed by atoms with Gasteiger partial charge in [-0.05, 0) is 29.8 Å². The Labute approximate surface area is 111 Å². The molecule has 3 nitrogen and oxygen atoms in total. The lowest BCUT2D eigenvalue weighted by atomic mass is 10.1. The minimum absolute atomic E-state index is 0.336. The summed E-state index contributed by atoms with van der Waals surface area (Å²) in [6.07, 6.45) is 0. The summed E-state index contributed by atoms with van der Waals surface area (Å²) in [6.45, 7) is 0.444. The van der Waals surface area contributed by atoms with Crippen molar-refractivity contribution < 1.29 is 9.13 Å². The molecule has 0 aliphatic rings. The smallest absolute Gasteiger partial charge is 0.146 e. The van der Waals surface area contributed by atoms with Gasteiger partial charge in [0.25, 0.3) is 0 Å². The molecule has 4 heteroatoms. The normalized spacial score (nSPS) is 9.74. The van der Waals surface area contributed by atoms with Crippen LogP contribution in [-0.2, 0) is 6.54 Å². The van der Waals surface area contributed by atoms with Crippen LogP contribution in [-0.4, -0.2) is 7.11 Å². The molecule has 0 fully saturated rings. The number of hydrogen-bond acceptors (Lipinski definition) is 3. The van der Waals surface area contributed by atoms with Gasteiger partial charge in [0, 0.05) is 12.6 Å². The number of halogens is 1. The van der Waals surface area contributed by atoms with Crippen LogP contribution in [0.25, 0.3) is 0 Å². The summed E-state index contributed by atoms with van der Waals surface area (Å²) in [4.78, 5) is 0. The first-order valence-electron chi connectivity index (χ1n) is 5.79. The average Bonchev–Trinajstić information content (AvgIpc) is 2.46. The highest BCUT2D eigenvalue weighted by Gasteiger charge is 2.04. The standard InChI is InChI=1S/C15H13FN2O/c1-19-13-5-6-14(16)15(8-13)18-10-12-4-2-3-11(7-12)9-17/h2-8,18H,10H2,1H3. The second-order valence-corrected chi connectivity index (χ2v) is 4.01. The summed E-state index contributed by atoms with van der Waals surface area (Å²) in [5, 5.41) is 11.8. The van der Waals surface area contributed by atoms with Gasteiger partial charge in [-0.2, -0.15) is 5.26 Å². The largest absolute Gasteiger partial charge is 0.497 e. The van der Waals surface area contributed by atoms with Crippen molar-refractivity contribution in [2.75, 3.05) is 12.4 Å². The average molecular weight is 256 g/mol. The fourth-order valence-corrected chi connectivity index (χ4v) is 1.71. The van der Waals surface area contributed by atoms with Crippen molar-refractivity contribution in [1.82, 2.24) is 0 Å². The van der Waals surface area contributed by atoms with Gasteiger partial charge in [-0.25, -0.2) is 4.39 Å². The maximum absolute atomic E-state index is 13.6. The van der Waals surface area contributed by atoms with Crippen LogP contribution in [0.2, 0.25) is 0 Å². The molecule has 2 rings (SSSR count). The Kier molecular flexibility index (Phi) is 3.99. The van der Waals surface area contributed by atoms with Crippen LogP contribution in [0.15, 0.2) is 42.5 Å². The first-order chi connectivity index (χ1) is 9.22. The molecule has 0 bridgehead atoms. The Balaban J connectivity index is 2.12. The molecule has 2 aromatic rings. The molecule has 0 aliphatic heterocycles. The van der Waals surface area contributed by atoms with Crippen LogP contribution < -0.4 is 10.1 Å². The molecule has 0 amide bonds. The van der Waals surface area contributed by atoms with Crippen molar-refractivity contribution >= 4 is 5.69 Å². The van der Waals surface area contributed by atoms with E-state index in [9.17, 15) is 4.39 Å². The van der Waals surface area contributed by atoms with E-state index in [1.54, 1.807) is 30.3 Å². The third-order valence-corrected chi connectivity index (χ3v) is 2.71. The number of ether oxygens (including phenoxy) is 1. The third-order valence-electron chi connectivity index (χ3n) is 2.71. The molecular weight excluding hydrogens is 243 g/mol. The lowest BCUT2D eigenvalue weighted by Gasteiger charge is -2.09. The molecule has 0 aliphatic carbocycles. The second-order valence-electron chi connectivity index (χ2n) is 4.01. The molecule has 0 spiro atoms. The first kappa shape index (κ1) is 12.9. The highest BCUT2D eigenvalue weighted by Crippen LogP contribution is 2.21. The molecular formula is C15H13FN2O. The van der Waals surface area contributed by atoms with Gasteiger partial charge in [0.05, 0.1) is 24.4 Å². The highest BCUT2D eigenvalue weighted by molar-refractivity contribution is 5.50. The molecule has 2 aromatic carbocycles. The van der Waals surface area contributed by atoms with Crippen molar-refractivity contribution in [3.63, 3.8) is 0 Å². The number of hydrogen-bond donors (Lipinski definition) is 1. The van der Waals surface area contributed by atoms with E-state index in [-0.39, 0.29) is 5.82 Å². The summed E-state index contributed by atoms with van der Waals surface area (Å²) in [5.41, 5.74) is 1.88. The van der Waals surface area contributed by atoms with E-state index in [1.165, 1.54) is 13.2 Å². The van der Waals surface area contributed by atoms with Gasteiger partial charge in [-0.3, -0.25) is 0 Å². The Morgan fingerprint density at radius 3 is 2.84 bits per heavy atom. The van der Waals surface area contributed by atoms with Crippen molar-refractivity contribution in [2.24, 2.45) is 0 Å². The predicted molar refractivity (Wildman–Crippen MR) is 71.4 cm³/mol. The van der Waals surface area contributed by atoms with Gasteiger partial charge in [-0.1, -0.05) is 12.1 Å². The van der Waals surface area contributed by atoms with E-state index in [4.69, 9.17) is 10.00 Å². The third kappa shape index (κ3) is 3.23. The maximum atomic E-state index is 13.6. The summed E-state index contributed by atoms with van der Waals surface area (Å²) in [6, 6.07) is 13.8. The zero-order chi connectivity index (χ0) is 13.7. The summed E-state index contributed by atoms with van der Waals surface area (Å²) in [7, 11) is 1.54. The summed E-state index contributed by atoms with van der Waals surface area (Å²) in [5.74, 6) is 0.256. The maximum Gasteiger partial charge on any atom is 0.146 e. The first-order valence-corrected chi connectivity index (χ1v) is 5.79. The molecule has 0 saturated heterocycles. The van der Waals surface area contributed by atoms with Gasteiger partial charge >= 0.3 is 0 Å². The molecule has 0 radical (unpaired) electrons. The van der Waals surface area contributed by atoms with Gasteiger partial charge in [-0.15, -0.1) is 0 Å². The van der Waals surface area contributed by atoms with Crippen molar-refractivity contribution in [2.45, 2.75) is 6.54 Å². The van der Waals surface area contributed by atoms with Gasteiger partial charge in [0.15, 0.2) is 0 Å². The second kappa shape index (κ2) is 5.87. The van der Waals surface area contributed by atoms with Crippen LogP contribution >= 0.6 is 0 Å². The number of anilines is 1. The van der Waals surface area contributed by atoms with E-state index in [0.717, 1.165) is 5.56 Å². The van der Waals surface area contributed by atoms with E-state index in [2.05, 4.69) is 11.4 Å². The number of methoxy groups -OCH3 is 1. The van der Waals surface area contributed by atoms with Crippen LogP contribution in [0.1, 0.15) is 11.1 Å². The molecule has 19 heavy (non-hydrogen) atoms. The molecule has 0 atom stereocenters. The molecule has 0 aromatic heterocycles. The number of rotatable bonds is 4. The van der Waals surface area contributed by atoms with Gasteiger partial charge in [0.1, 0.15) is 11.6 Å². The monoisotopic (exact) mass is 256 g/mol. The molecule has 0 unspecified atom stereocenters. The van der Waals surface area contributed by atoms with Crippen molar-refractivity contribution in [3.8, 4) is 11.8 Å². The minimum Gasteiger partial charge on any atom is -0.497 e. The summed E-state index contributed by atoms with van der Waals surface area (Å²) < 4.78 is 18.6. The van der Waals surface area contributed by atoms with Crippen LogP contribution in [0.4, 0.5) is 10.1 Å². The predicted octanol–water partition coefficient (Wildman–Crippen LogP) is 3.32. The van der Waals surface area contributed by atoms with Crippen LogP contribution in [0, 0.1) is 17.1 Å². The van der Waals surface area contributed by atoms with E-state index >= 15 is 0 Å². The zero-order valence-corrected chi connectivity index (χ0v) is 10.5. The van der Waals surface area contributed by atoms with Crippen molar-refractivity contribution in [1.29, 1.82) is 5.26 Å². The Morgan fingerprint density at radius 2 is 2.11 bits per heavy atom. The molecule has 96 valence electrons. The van der Waals surface area contributed by atoms with E-state index in [0.29, 0.717) is 23.5 Å². The van der Waals surface area contributed by atoms with E-state index in [1.807, 2.05) is 6.07 Å². The van der Waals surface area contributed by atoms with Gasteiger partial charge in [0.2, 0.25) is 0 Å². The number of nitrogens with zero attached hydrogens (tertiary/aromatic N) is 1. The SMILES string of the molecule is COc1ccc(F)c(NCc2cccc(C#N)c2)c1. The molecule has 0 saturated carbocycles. The Hall–Kier alpha value is -2.54. The topological polar surface area (TPSA) is 45.0 Å². The lowest BCUT2D eigenvalue weighted by molar-refractivity contribution is 0.414. The minimum atomic E-state index is -0.336. The fourth-order valence-electron chi connectivity index (χ4n) is 1.71. The fraction of sp³-hybridized carbons (Fsp3) is 0.133. The number of nitrogens with one attached hydrogen (secondary N) is 1. The van der Waals surface area contributed by atoms with E-state index < -0.39 is 0 Å². The Bertz CT molecular complexity index is 620. The number of benzene rings is 2. The van der Waals surface area contributed by atoms with Crippen LogP contribution in [0.3, 0.4) is 0 Å². The van der Waals surface area contributed by atoms with Gasteiger partial charge < -0.3 is 10.1 Å². The number of nitriles is 1. The molecule has 0 heterocycles. The Morgan fingerprint density at radius 1 is 1.26 bits per heavy atom. The highest BCUT2D eigenvalue weighted by atomic mass is 19.1. The van der Waals surface area contributed by atoms with Crippen LogP contribution in [0.5, 0.6) is 5.75 Å². The lowest BCUT2D eigenvalue weighted by Crippen LogP contribution is -2.02.